The second-order valence-corrected chi connectivity index (χ2v) is 4.80. The van der Waals surface area contributed by atoms with E-state index in [2.05, 4.69) is 25.6 Å². The predicted octanol–water partition coefficient (Wildman–Crippen LogP) is 3.40. The van der Waals surface area contributed by atoms with E-state index in [0.717, 1.165) is 12.3 Å². The van der Waals surface area contributed by atoms with Crippen LogP contribution in [0.25, 0.3) is 0 Å². The Kier molecular flexibility index (Phi) is 5.32. The molecule has 3 heteroatoms. The summed E-state index contributed by atoms with van der Waals surface area (Å²) < 4.78 is 13.2. The molecule has 1 aliphatic rings. The van der Waals surface area contributed by atoms with Crippen molar-refractivity contribution in [3.05, 3.63) is 35.6 Å². The van der Waals surface area contributed by atoms with Gasteiger partial charge in [0.2, 0.25) is 6.41 Å². The minimum Gasteiger partial charge on any atom is -0.372 e. The van der Waals surface area contributed by atoms with Crippen LogP contribution in [0, 0.1) is 11.7 Å². The molecule has 1 aromatic rings. The summed E-state index contributed by atoms with van der Waals surface area (Å²) in [6.07, 6.45) is 5.13. The standard InChI is InChI=1S/C14H19F.CH3NO/c1-3-11-8-9-14(11,4-2)12-6-5-7-13(15)10-12;2-1-3/h5-7,10-11H,3-4,8-9H2,1-2H3;1H,(H2,2,3). The van der Waals surface area contributed by atoms with Crippen LogP contribution in [0.2, 0.25) is 0 Å². The highest BCUT2D eigenvalue weighted by atomic mass is 19.1. The Bertz CT molecular complexity index is 388. The summed E-state index contributed by atoms with van der Waals surface area (Å²) in [7, 11) is 0. The first kappa shape index (κ1) is 14.7. The molecule has 1 aromatic carbocycles. The zero-order chi connectivity index (χ0) is 13.6. The van der Waals surface area contributed by atoms with Crippen LogP contribution >= 0.6 is 0 Å². The Morgan fingerprint density at radius 3 is 2.56 bits per heavy atom. The number of nitrogens with two attached hydrogens (primary N) is 1. The van der Waals surface area contributed by atoms with Gasteiger partial charge in [0.15, 0.2) is 0 Å². The van der Waals surface area contributed by atoms with E-state index in [4.69, 9.17) is 4.79 Å². The number of amides is 1. The maximum absolute atomic E-state index is 13.2. The van der Waals surface area contributed by atoms with E-state index in [1.165, 1.54) is 30.9 Å². The van der Waals surface area contributed by atoms with Crippen molar-refractivity contribution in [3.8, 4) is 0 Å². The Balaban J connectivity index is 0.000000492. The van der Waals surface area contributed by atoms with Gasteiger partial charge in [-0.15, -0.1) is 0 Å². The van der Waals surface area contributed by atoms with Crippen LogP contribution in [0.4, 0.5) is 4.39 Å². The fourth-order valence-electron chi connectivity index (χ4n) is 3.14. The smallest absolute Gasteiger partial charge is 0.204 e. The number of carbonyl (C=O) groups excluding carboxylic acids is 1. The summed E-state index contributed by atoms with van der Waals surface area (Å²) >= 11 is 0. The Morgan fingerprint density at radius 1 is 1.50 bits per heavy atom. The molecule has 0 heterocycles. The van der Waals surface area contributed by atoms with Crippen LogP contribution in [-0.4, -0.2) is 6.41 Å². The largest absolute Gasteiger partial charge is 0.372 e. The summed E-state index contributed by atoms with van der Waals surface area (Å²) in [5.41, 5.74) is 5.65. The van der Waals surface area contributed by atoms with Crippen LogP contribution in [0.1, 0.15) is 45.1 Å². The van der Waals surface area contributed by atoms with Crippen molar-refractivity contribution in [1.82, 2.24) is 0 Å². The SMILES string of the molecule is CCC1CCC1(CC)c1cccc(F)c1.NC=O. The van der Waals surface area contributed by atoms with Gasteiger partial charge in [-0.1, -0.05) is 32.4 Å². The highest BCUT2D eigenvalue weighted by Gasteiger charge is 2.45. The van der Waals surface area contributed by atoms with Crippen molar-refractivity contribution >= 4 is 6.41 Å². The number of hydrogen-bond donors (Lipinski definition) is 1. The topological polar surface area (TPSA) is 43.1 Å². The molecule has 0 aromatic heterocycles. The quantitative estimate of drug-likeness (QED) is 0.822. The molecule has 1 aliphatic carbocycles. The highest BCUT2D eigenvalue weighted by molar-refractivity contribution is 5.42. The molecular weight excluding hydrogens is 229 g/mol. The minimum absolute atomic E-state index is 0.0953. The summed E-state index contributed by atoms with van der Waals surface area (Å²) in [6.45, 7) is 4.47. The van der Waals surface area contributed by atoms with Gasteiger partial charge in [-0.3, -0.25) is 4.79 Å². The lowest BCUT2D eigenvalue weighted by atomic mass is 9.54. The van der Waals surface area contributed by atoms with Gasteiger partial charge in [0, 0.05) is 0 Å². The van der Waals surface area contributed by atoms with Crippen molar-refractivity contribution in [2.45, 2.75) is 44.9 Å². The van der Waals surface area contributed by atoms with Crippen molar-refractivity contribution in [1.29, 1.82) is 0 Å². The van der Waals surface area contributed by atoms with E-state index in [0.29, 0.717) is 0 Å². The fraction of sp³-hybridized carbons (Fsp3) is 0.533. The lowest BCUT2D eigenvalue weighted by Gasteiger charge is -2.50. The van der Waals surface area contributed by atoms with E-state index >= 15 is 0 Å². The van der Waals surface area contributed by atoms with Gasteiger partial charge >= 0.3 is 0 Å². The molecule has 0 saturated heterocycles. The molecule has 100 valence electrons. The molecule has 0 radical (unpaired) electrons. The Hall–Kier alpha value is -1.38. The van der Waals surface area contributed by atoms with Crippen LogP contribution in [0.15, 0.2) is 24.3 Å². The fourth-order valence-corrected chi connectivity index (χ4v) is 3.14. The maximum atomic E-state index is 13.2. The van der Waals surface area contributed by atoms with Gasteiger partial charge in [0.25, 0.3) is 0 Å². The number of benzene rings is 1. The van der Waals surface area contributed by atoms with Gasteiger partial charge in [-0.05, 0) is 48.3 Å². The van der Waals surface area contributed by atoms with Gasteiger partial charge in [0.05, 0.1) is 0 Å². The van der Waals surface area contributed by atoms with Crippen molar-refractivity contribution in [3.63, 3.8) is 0 Å². The molecule has 1 amide bonds. The third kappa shape index (κ3) is 2.71. The number of rotatable bonds is 3. The number of primary amides is 1. The average molecular weight is 251 g/mol. The molecule has 18 heavy (non-hydrogen) atoms. The summed E-state index contributed by atoms with van der Waals surface area (Å²) in [6, 6.07) is 7.19. The summed E-state index contributed by atoms with van der Waals surface area (Å²) in [5, 5.41) is 0. The number of carbonyl (C=O) groups is 1. The third-order valence-electron chi connectivity index (χ3n) is 4.24. The van der Waals surface area contributed by atoms with Crippen LogP contribution in [-0.2, 0) is 10.2 Å². The zero-order valence-corrected chi connectivity index (χ0v) is 11.2. The van der Waals surface area contributed by atoms with Crippen molar-refractivity contribution in [2.24, 2.45) is 11.7 Å². The van der Waals surface area contributed by atoms with Crippen LogP contribution in [0.5, 0.6) is 0 Å². The first-order chi connectivity index (χ1) is 8.64. The molecule has 2 atom stereocenters. The Morgan fingerprint density at radius 2 is 2.17 bits per heavy atom. The second kappa shape index (κ2) is 6.53. The number of halogens is 1. The van der Waals surface area contributed by atoms with Gasteiger partial charge in [-0.25, -0.2) is 4.39 Å². The molecule has 0 aliphatic heterocycles. The molecular formula is C15H22FNO. The third-order valence-corrected chi connectivity index (χ3v) is 4.24. The predicted molar refractivity (Wildman–Crippen MR) is 71.6 cm³/mol. The van der Waals surface area contributed by atoms with E-state index in [-0.39, 0.29) is 17.6 Å². The van der Waals surface area contributed by atoms with Crippen LogP contribution < -0.4 is 5.73 Å². The summed E-state index contributed by atoms with van der Waals surface area (Å²) in [4.78, 5) is 8.58. The van der Waals surface area contributed by atoms with E-state index in [1.807, 2.05) is 6.07 Å². The first-order valence-electron chi connectivity index (χ1n) is 6.56. The van der Waals surface area contributed by atoms with E-state index < -0.39 is 0 Å². The molecule has 2 rings (SSSR count). The molecule has 2 nitrogen and oxygen atoms in total. The molecule has 2 N–H and O–H groups in total. The van der Waals surface area contributed by atoms with Gasteiger partial charge < -0.3 is 5.73 Å². The first-order valence-corrected chi connectivity index (χ1v) is 6.56. The molecule has 1 saturated carbocycles. The zero-order valence-electron chi connectivity index (χ0n) is 11.2. The van der Waals surface area contributed by atoms with Crippen molar-refractivity contribution in [2.75, 3.05) is 0 Å². The summed E-state index contributed by atoms with van der Waals surface area (Å²) in [5.74, 6) is 0.659. The second-order valence-electron chi connectivity index (χ2n) is 4.80. The lowest BCUT2D eigenvalue weighted by Crippen LogP contribution is -2.43. The maximum Gasteiger partial charge on any atom is 0.204 e. The van der Waals surface area contributed by atoms with E-state index in [9.17, 15) is 4.39 Å². The molecule has 0 spiro atoms. The minimum atomic E-state index is -0.0953. The molecule has 2 unspecified atom stereocenters. The molecule has 1 fully saturated rings. The lowest BCUT2D eigenvalue weighted by molar-refractivity contribution is -0.106. The monoisotopic (exact) mass is 251 g/mol. The average Bonchev–Trinajstić information content (AvgIpc) is 2.31. The molecule has 0 bridgehead atoms. The number of hydrogen-bond acceptors (Lipinski definition) is 1. The van der Waals surface area contributed by atoms with E-state index in [1.54, 1.807) is 6.07 Å². The van der Waals surface area contributed by atoms with Gasteiger partial charge in [0.1, 0.15) is 5.82 Å². The van der Waals surface area contributed by atoms with Crippen molar-refractivity contribution < 1.29 is 9.18 Å². The Labute approximate surface area is 108 Å². The normalized spacial score (nSPS) is 25.6. The highest BCUT2D eigenvalue weighted by Crippen LogP contribution is 2.52. The van der Waals surface area contributed by atoms with Gasteiger partial charge in [-0.2, -0.15) is 0 Å². The van der Waals surface area contributed by atoms with Crippen LogP contribution in [0.3, 0.4) is 0 Å².